The van der Waals surface area contributed by atoms with Crippen molar-refractivity contribution in [2.45, 2.75) is 51.0 Å². The van der Waals surface area contributed by atoms with Gasteiger partial charge in [-0.15, -0.1) is 6.58 Å². The van der Waals surface area contributed by atoms with Gasteiger partial charge in [0.15, 0.2) is 0 Å². The molecule has 0 saturated heterocycles. The zero-order valence-corrected chi connectivity index (χ0v) is 8.61. The van der Waals surface area contributed by atoms with Crippen LogP contribution in [0.1, 0.15) is 44.9 Å². The molecule has 3 nitrogen and oxygen atoms in total. The van der Waals surface area contributed by atoms with Crippen molar-refractivity contribution in [2.75, 3.05) is 0 Å². The Morgan fingerprint density at radius 1 is 1.21 bits per heavy atom. The Balaban J connectivity index is 3.06. The van der Waals surface area contributed by atoms with Gasteiger partial charge in [-0.1, -0.05) is 31.8 Å². The highest BCUT2D eigenvalue weighted by Gasteiger charge is 1.98. The maximum absolute atomic E-state index is 10.2. The topological polar surface area (TPSA) is 57.5 Å². The van der Waals surface area contributed by atoms with Crippen LogP contribution in [0.15, 0.2) is 12.7 Å². The number of carbonyl (C=O) groups is 1. The van der Waals surface area contributed by atoms with E-state index in [1.165, 1.54) is 0 Å². The SMILES string of the molecule is C=CC(O)CCCCCCCC(=O)O. The predicted molar refractivity (Wildman–Crippen MR) is 56.2 cm³/mol. The molecule has 0 radical (unpaired) electrons. The van der Waals surface area contributed by atoms with Crippen LogP contribution in [-0.4, -0.2) is 22.3 Å². The van der Waals surface area contributed by atoms with Gasteiger partial charge >= 0.3 is 5.97 Å². The minimum absolute atomic E-state index is 0.273. The van der Waals surface area contributed by atoms with Crippen LogP contribution in [0, 0.1) is 0 Å². The first-order valence-corrected chi connectivity index (χ1v) is 5.19. The highest BCUT2D eigenvalue weighted by atomic mass is 16.4. The fraction of sp³-hybridized carbons (Fsp3) is 0.727. The molecule has 0 aliphatic rings. The summed E-state index contributed by atoms with van der Waals surface area (Å²) in [6.07, 6.45) is 7.04. The summed E-state index contributed by atoms with van der Waals surface area (Å²) in [5.74, 6) is -0.716. The van der Waals surface area contributed by atoms with Crippen molar-refractivity contribution >= 4 is 5.97 Å². The Bertz CT molecular complexity index is 166. The van der Waals surface area contributed by atoms with Gasteiger partial charge in [0, 0.05) is 6.42 Å². The first kappa shape index (κ1) is 13.2. The molecule has 0 bridgehead atoms. The lowest BCUT2D eigenvalue weighted by Gasteiger charge is -2.03. The second kappa shape index (κ2) is 8.75. The lowest BCUT2D eigenvalue weighted by Crippen LogP contribution is -2.00. The van der Waals surface area contributed by atoms with Crippen LogP contribution in [0.2, 0.25) is 0 Å². The van der Waals surface area contributed by atoms with Crippen molar-refractivity contribution in [3.8, 4) is 0 Å². The molecule has 0 aromatic heterocycles. The second-order valence-electron chi connectivity index (χ2n) is 3.50. The molecule has 0 heterocycles. The van der Waals surface area contributed by atoms with Gasteiger partial charge in [-0.3, -0.25) is 4.79 Å². The molecule has 0 saturated carbocycles. The van der Waals surface area contributed by atoms with Crippen molar-refractivity contribution in [3.05, 3.63) is 12.7 Å². The Morgan fingerprint density at radius 3 is 2.36 bits per heavy atom. The summed E-state index contributed by atoms with van der Waals surface area (Å²) < 4.78 is 0. The summed E-state index contributed by atoms with van der Waals surface area (Å²) in [5, 5.41) is 17.5. The number of carboxylic acid groups (broad SMARTS) is 1. The minimum atomic E-state index is -0.716. The minimum Gasteiger partial charge on any atom is -0.481 e. The van der Waals surface area contributed by atoms with Gasteiger partial charge in [0.05, 0.1) is 6.10 Å². The van der Waals surface area contributed by atoms with E-state index < -0.39 is 5.97 Å². The quantitative estimate of drug-likeness (QED) is 0.443. The van der Waals surface area contributed by atoms with Crippen LogP contribution >= 0.6 is 0 Å². The summed E-state index contributed by atoms with van der Waals surface area (Å²) in [6.45, 7) is 3.49. The Kier molecular flexibility index (Phi) is 8.24. The first-order valence-electron chi connectivity index (χ1n) is 5.19. The lowest BCUT2D eigenvalue weighted by molar-refractivity contribution is -0.137. The van der Waals surface area contributed by atoms with Gasteiger partial charge < -0.3 is 10.2 Å². The van der Waals surface area contributed by atoms with Gasteiger partial charge in [0.1, 0.15) is 0 Å². The lowest BCUT2D eigenvalue weighted by atomic mass is 10.1. The average Bonchev–Trinajstić information content (AvgIpc) is 2.15. The maximum atomic E-state index is 10.2. The monoisotopic (exact) mass is 200 g/mol. The summed E-state index contributed by atoms with van der Waals surface area (Å²) in [6, 6.07) is 0. The van der Waals surface area contributed by atoms with Gasteiger partial charge in [0.2, 0.25) is 0 Å². The largest absolute Gasteiger partial charge is 0.481 e. The zero-order chi connectivity index (χ0) is 10.8. The second-order valence-corrected chi connectivity index (χ2v) is 3.50. The standard InChI is InChI=1S/C11H20O3/c1-2-10(12)8-6-4-3-5-7-9-11(13)14/h2,10,12H,1,3-9H2,(H,13,14). The molecule has 1 unspecified atom stereocenters. The summed E-state index contributed by atoms with van der Waals surface area (Å²) >= 11 is 0. The highest BCUT2D eigenvalue weighted by molar-refractivity contribution is 5.66. The molecule has 0 amide bonds. The molecule has 0 aliphatic heterocycles. The van der Waals surface area contributed by atoms with Gasteiger partial charge in [-0.05, 0) is 12.8 Å². The van der Waals surface area contributed by atoms with E-state index >= 15 is 0 Å². The molecule has 0 spiro atoms. The molecular weight excluding hydrogens is 180 g/mol. The van der Waals surface area contributed by atoms with Crippen LogP contribution in [-0.2, 0) is 4.79 Å². The van der Waals surface area contributed by atoms with E-state index in [0.29, 0.717) is 0 Å². The molecule has 0 aromatic carbocycles. The number of rotatable bonds is 9. The van der Waals surface area contributed by atoms with Crippen molar-refractivity contribution in [1.29, 1.82) is 0 Å². The van der Waals surface area contributed by atoms with E-state index in [1.807, 2.05) is 0 Å². The molecule has 0 aromatic rings. The molecule has 2 N–H and O–H groups in total. The third kappa shape index (κ3) is 9.26. The predicted octanol–water partition coefficient (Wildman–Crippen LogP) is 2.35. The highest BCUT2D eigenvalue weighted by Crippen LogP contribution is 2.08. The number of carboxylic acids is 1. The summed E-state index contributed by atoms with van der Waals surface area (Å²) in [4.78, 5) is 10.2. The average molecular weight is 200 g/mol. The van der Waals surface area contributed by atoms with E-state index in [-0.39, 0.29) is 12.5 Å². The summed E-state index contributed by atoms with van der Waals surface area (Å²) in [5.41, 5.74) is 0. The molecule has 14 heavy (non-hydrogen) atoms. The molecule has 0 fully saturated rings. The Labute approximate surface area is 85.4 Å². The van der Waals surface area contributed by atoms with Crippen LogP contribution < -0.4 is 0 Å². The Hall–Kier alpha value is -0.830. The fourth-order valence-electron chi connectivity index (χ4n) is 1.28. The smallest absolute Gasteiger partial charge is 0.303 e. The molecule has 3 heteroatoms. The van der Waals surface area contributed by atoms with Crippen molar-refractivity contribution in [1.82, 2.24) is 0 Å². The van der Waals surface area contributed by atoms with Crippen LogP contribution in [0.5, 0.6) is 0 Å². The Morgan fingerprint density at radius 2 is 1.79 bits per heavy atom. The number of unbranched alkanes of at least 4 members (excludes halogenated alkanes) is 4. The third-order valence-corrected chi connectivity index (χ3v) is 2.16. The molecular formula is C11H20O3. The van der Waals surface area contributed by atoms with Crippen molar-refractivity contribution in [3.63, 3.8) is 0 Å². The van der Waals surface area contributed by atoms with E-state index in [4.69, 9.17) is 10.2 Å². The van der Waals surface area contributed by atoms with Gasteiger partial charge in [0.25, 0.3) is 0 Å². The third-order valence-electron chi connectivity index (χ3n) is 2.16. The molecule has 1 atom stereocenters. The van der Waals surface area contributed by atoms with Gasteiger partial charge in [-0.25, -0.2) is 0 Å². The van der Waals surface area contributed by atoms with E-state index in [1.54, 1.807) is 6.08 Å². The number of aliphatic hydroxyl groups excluding tert-OH is 1. The van der Waals surface area contributed by atoms with E-state index in [2.05, 4.69) is 6.58 Å². The van der Waals surface area contributed by atoms with Crippen molar-refractivity contribution in [2.24, 2.45) is 0 Å². The van der Waals surface area contributed by atoms with E-state index in [9.17, 15) is 4.79 Å². The molecule has 82 valence electrons. The fourth-order valence-corrected chi connectivity index (χ4v) is 1.28. The molecule has 0 aliphatic carbocycles. The van der Waals surface area contributed by atoms with Crippen LogP contribution in [0.3, 0.4) is 0 Å². The van der Waals surface area contributed by atoms with Gasteiger partial charge in [-0.2, -0.15) is 0 Å². The number of aliphatic carboxylic acids is 1. The van der Waals surface area contributed by atoms with Crippen LogP contribution in [0.25, 0.3) is 0 Å². The number of aliphatic hydroxyl groups is 1. The molecule has 0 rings (SSSR count). The normalized spacial score (nSPS) is 12.4. The number of hydrogen-bond donors (Lipinski definition) is 2. The maximum Gasteiger partial charge on any atom is 0.303 e. The zero-order valence-electron chi connectivity index (χ0n) is 8.61. The number of hydrogen-bond acceptors (Lipinski definition) is 2. The van der Waals surface area contributed by atoms with E-state index in [0.717, 1.165) is 38.5 Å². The van der Waals surface area contributed by atoms with Crippen LogP contribution in [0.4, 0.5) is 0 Å². The summed E-state index contributed by atoms with van der Waals surface area (Å²) in [7, 11) is 0. The first-order chi connectivity index (χ1) is 6.66. The van der Waals surface area contributed by atoms with Crippen molar-refractivity contribution < 1.29 is 15.0 Å².